The van der Waals surface area contributed by atoms with Gasteiger partial charge in [0.15, 0.2) is 0 Å². The molecule has 7 heteroatoms. The lowest BCUT2D eigenvalue weighted by Crippen LogP contribution is -2.35. The zero-order valence-electron chi connectivity index (χ0n) is 16.3. The molecule has 6 nitrogen and oxygen atoms in total. The summed E-state index contributed by atoms with van der Waals surface area (Å²) in [5.41, 5.74) is 3.20. The van der Waals surface area contributed by atoms with Gasteiger partial charge in [0, 0.05) is 12.1 Å². The van der Waals surface area contributed by atoms with Gasteiger partial charge in [-0.25, -0.2) is 0 Å². The standard InChI is InChI=1S/C21H24N4O2S/c1-15-9-11-17(12-10-15)20-23-24-21(27-20)28-14-19(26)22-13-18(25(2)3)16-7-5-4-6-8-16/h4-12,18H,13-14H2,1-3H3,(H,22,26)/t18-/m0/s1. The molecule has 1 amide bonds. The van der Waals surface area contributed by atoms with Crippen molar-refractivity contribution in [1.82, 2.24) is 20.4 Å². The minimum atomic E-state index is -0.0668. The number of hydrogen-bond acceptors (Lipinski definition) is 6. The summed E-state index contributed by atoms with van der Waals surface area (Å²) in [5.74, 6) is 0.618. The Morgan fingerprint density at radius 2 is 1.82 bits per heavy atom. The van der Waals surface area contributed by atoms with Gasteiger partial charge in [-0.15, -0.1) is 10.2 Å². The Hall–Kier alpha value is -2.64. The van der Waals surface area contributed by atoms with Crippen LogP contribution >= 0.6 is 11.8 Å². The van der Waals surface area contributed by atoms with Gasteiger partial charge in [0.2, 0.25) is 11.8 Å². The number of likely N-dealkylation sites (N-methyl/N-ethyl adjacent to an activating group) is 1. The summed E-state index contributed by atoms with van der Waals surface area (Å²) in [5, 5.41) is 11.4. The first kappa shape index (κ1) is 20.1. The number of carbonyl (C=O) groups is 1. The van der Waals surface area contributed by atoms with Crippen LogP contribution in [0.5, 0.6) is 0 Å². The predicted molar refractivity (Wildman–Crippen MR) is 111 cm³/mol. The van der Waals surface area contributed by atoms with Crippen molar-refractivity contribution in [3.05, 3.63) is 65.7 Å². The van der Waals surface area contributed by atoms with Crippen LogP contribution in [0.4, 0.5) is 0 Å². The number of nitrogens with zero attached hydrogens (tertiary/aromatic N) is 3. The molecule has 3 rings (SSSR count). The number of carbonyl (C=O) groups excluding carboxylic acids is 1. The minimum absolute atomic E-state index is 0.0668. The van der Waals surface area contributed by atoms with E-state index in [4.69, 9.17) is 4.42 Å². The van der Waals surface area contributed by atoms with Crippen LogP contribution in [0, 0.1) is 6.92 Å². The van der Waals surface area contributed by atoms with Gasteiger partial charge < -0.3 is 14.6 Å². The highest BCUT2D eigenvalue weighted by Crippen LogP contribution is 2.23. The van der Waals surface area contributed by atoms with Crippen LogP contribution in [-0.4, -0.2) is 47.4 Å². The van der Waals surface area contributed by atoms with Crippen molar-refractivity contribution in [2.75, 3.05) is 26.4 Å². The van der Waals surface area contributed by atoms with Crippen molar-refractivity contribution in [3.63, 3.8) is 0 Å². The summed E-state index contributed by atoms with van der Waals surface area (Å²) < 4.78 is 5.65. The molecular weight excluding hydrogens is 372 g/mol. The van der Waals surface area contributed by atoms with E-state index < -0.39 is 0 Å². The number of amides is 1. The Bertz CT molecular complexity index is 894. The number of rotatable bonds is 8. The molecule has 0 radical (unpaired) electrons. The van der Waals surface area contributed by atoms with Crippen LogP contribution in [0.3, 0.4) is 0 Å². The topological polar surface area (TPSA) is 71.3 Å². The van der Waals surface area contributed by atoms with Gasteiger partial charge in [0.25, 0.3) is 5.22 Å². The van der Waals surface area contributed by atoms with E-state index in [1.807, 2.05) is 63.5 Å². The maximum absolute atomic E-state index is 12.2. The number of benzene rings is 2. The van der Waals surface area contributed by atoms with E-state index in [1.54, 1.807) is 0 Å². The highest BCUT2D eigenvalue weighted by molar-refractivity contribution is 7.99. The summed E-state index contributed by atoms with van der Waals surface area (Å²) in [6, 6.07) is 18.1. The summed E-state index contributed by atoms with van der Waals surface area (Å²) in [6.07, 6.45) is 0. The smallest absolute Gasteiger partial charge is 0.277 e. The van der Waals surface area contributed by atoms with Gasteiger partial charge in [-0.2, -0.15) is 0 Å². The average Bonchev–Trinajstić information content (AvgIpc) is 3.17. The number of thioether (sulfide) groups is 1. The molecule has 0 saturated heterocycles. The van der Waals surface area contributed by atoms with Crippen molar-refractivity contribution in [3.8, 4) is 11.5 Å². The third-order valence-electron chi connectivity index (χ3n) is 4.33. The Morgan fingerprint density at radius 3 is 2.50 bits per heavy atom. The van der Waals surface area contributed by atoms with Gasteiger partial charge in [0.05, 0.1) is 11.8 Å². The van der Waals surface area contributed by atoms with Crippen LogP contribution < -0.4 is 5.32 Å². The molecule has 0 saturated carbocycles. The minimum Gasteiger partial charge on any atom is -0.411 e. The number of aromatic nitrogens is 2. The molecule has 0 aliphatic rings. The highest BCUT2D eigenvalue weighted by atomic mass is 32.2. The molecule has 28 heavy (non-hydrogen) atoms. The zero-order chi connectivity index (χ0) is 19.9. The highest BCUT2D eigenvalue weighted by Gasteiger charge is 2.16. The largest absolute Gasteiger partial charge is 0.411 e. The number of nitrogens with one attached hydrogen (secondary N) is 1. The quantitative estimate of drug-likeness (QED) is 0.587. The second kappa shape index (κ2) is 9.52. The van der Waals surface area contributed by atoms with Crippen molar-refractivity contribution >= 4 is 17.7 Å². The van der Waals surface area contributed by atoms with E-state index >= 15 is 0 Å². The lowest BCUT2D eigenvalue weighted by Gasteiger charge is -2.25. The van der Waals surface area contributed by atoms with E-state index in [9.17, 15) is 4.79 Å². The first-order valence-corrected chi connectivity index (χ1v) is 10.0. The van der Waals surface area contributed by atoms with Gasteiger partial charge in [0.1, 0.15) is 0 Å². The summed E-state index contributed by atoms with van der Waals surface area (Å²) in [4.78, 5) is 14.3. The van der Waals surface area contributed by atoms with Gasteiger partial charge in [-0.3, -0.25) is 4.79 Å². The molecular formula is C21H24N4O2S. The molecule has 1 heterocycles. The molecule has 146 valence electrons. The third kappa shape index (κ3) is 5.43. The number of hydrogen-bond donors (Lipinski definition) is 1. The second-order valence-electron chi connectivity index (χ2n) is 6.72. The zero-order valence-corrected chi connectivity index (χ0v) is 17.1. The van der Waals surface area contributed by atoms with Crippen LogP contribution in [0.1, 0.15) is 17.2 Å². The summed E-state index contributed by atoms with van der Waals surface area (Å²) in [7, 11) is 4.01. The molecule has 1 aromatic heterocycles. The van der Waals surface area contributed by atoms with E-state index in [-0.39, 0.29) is 17.7 Å². The van der Waals surface area contributed by atoms with Crippen molar-refractivity contribution < 1.29 is 9.21 Å². The molecule has 1 atom stereocenters. The first-order valence-electron chi connectivity index (χ1n) is 9.04. The average molecular weight is 397 g/mol. The lowest BCUT2D eigenvalue weighted by molar-refractivity contribution is -0.118. The van der Waals surface area contributed by atoms with Gasteiger partial charge in [-0.05, 0) is 38.7 Å². The van der Waals surface area contributed by atoms with Crippen LogP contribution in [0.15, 0.2) is 64.2 Å². The molecule has 0 bridgehead atoms. The fraction of sp³-hybridized carbons (Fsp3) is 0.286. The lowest BCUT2D eigenvalue weighted by atomic mass is 10.1. The Morgan fingerprint density at radius 1 is 1.11 bits per heavy atom. The van der Waals surface area contributed by atoms with E-state index in [0.717, 1.165) is 5.56 Å². The monoisotopic (exact) mass is 396 g/mol. The summed E-state index contributed by atoms with van der Waals surface area (Å²) >= 11 is 1.24. The molecule has 0 aliphatic heterocycles. The van der Waals surface area contributed by atoms with Crippen molar-refractivity contribution in [1.29, 1.82) is 0 Å². The Kier molecular flexibility index (Phi) is 6.84. The molecule has 0 unspecified atom stereocenters. The third-order valence-corrected chi connectivity index (χ3v) is 5.15. The number of aryl methyl sites for hydroxylation is 1. The Labute approximate surface area is 169 Å². The van der Waals surface area contributed by atoms with Crippen molar-refractivity contribution in [2.45, 2.75) is 18.2 Å². The van der Waals surface area contributed by atoms with E-state index in [1.165, 1.54) is 22.9 Å². The SMILES string of the molecule is Cc1ccc(-c2nnc(SCC(=O)NC[C@@H](c3ccccc3)N(C)C)o2)cc1. The van der Waals surface area contributed by atoms with Crippen LogP contribution in [0.25, 0.3) is 11.5 Å². The fourth-order valence-corrected chi connectivity index (χ4v) is 3.34. The maximum Gasteiger partial charge on any atom is 0.277 e. The molecule has 2 aromatic carbocycles. The maximum atomic E-state index is 12.2. The van der Waals surface area contributed by atoms with E-state index in [0.29, 0.717) is 17.7 Å². The molecule has 0 spiro atoms. The van der Waals surface area contributed by atoms with Crippen LogP contribution in [-0.2, 0) is 4.79 Å². The van der Waals surface area contributed by atoms with Gasteiger partial charge >= 0.3 is 0 Å². The molecule has 3 aromatic rings. The normalized spacial score (nSPS) is 12.1. The first-order chi connectivity index (χ1) is 13.5. The molecule has 1 N–H and O–H groups in total. The molecule has 0 fully saturated rings. The van der Waals surface area contributed by atoms with Crippen molar-refractivity contribution in [2.24, 2.45) is 0 Å². The molecule has 0 aliphatic carbocycles. The fourth-order valence-electron chi connectivity index (χ4n) is 2.74. The summed E-state index contributed by atoms with van der Waals surface area (Å²) in [6.45, 7) is 2.56. The second-order valence-corrected chi connectivity index (χ2v) is 7.65. The predicted octanol–water partition coefficient (Wildman–Crippen LogP) is 3.56. The van der Waals surface area contributed by atoms with E-state index in [2.05, 4.69) is 32.5 Å². The van der Waals surface area contributed by atoms with Crippen LogP contribution in [0.2, 0.25) is 0 Å². The Balaban J connectivity index is 1.51. The van der Waals surface area contributed by atoms with Gasteiger partial charge in [-0.1, -0.05) is 59.8 Å².